The number of pyridine rings is 1. The molecular formula is C19H28N2O2. The van der Waals surface area contributed by atoms with E-state index in [2.05, 4.69) is 9.88 Å². The highest BCUT2D eigenvalue weighted by atomic mass is 16.5. The largest absolute Gasteiger partial charge is 0.478 e. The van der Waals surface area contributed by atoms with Gasteiger partial charge in [0.05, 0.1) is 12.2 Å². The summed E-state index contributed by atoms with van der Waals surface area (Å²) in [7, 11) is 0. The Morgan fingerprint density at radius 3 is 2.78 bits per heavy atom. The van der Waals surface area contributed by atoms with Crippen molar-refractivity contribution in [3.05, 3.63) is 24.4 Å². The predicted octanol–water partition coefficient (Wildman–Crippen LogP) is 3.27. The molecule has 3 heterocycles. The van der Waals surface area contributed by atoms with Gasteiger partial charge in [-0.3, -0.25) is 0 Å². The van der Waals surface area contributed by atoms with Gasteiger partial charge in [-0.2, -0.15) is 0 Å². The average molecular weight is 316 g/mol. The molecule has 0 amide bonds. The summed E-state index contributed by atoms with van der Waals surface area (Å²) in [4.78, 5) is 6.94. The number of piperidine rings is 1. The third-order valence-electron chi connectivity index (χ3n) is 6.19. The third kappa shape index (κ3) is 3.24. The Hall–Kier alpha value is -1.13. The van der Waals surface area contributed by atoms with Crippen LogP contribution in [-0.4, -0.2) is 47.8 Å². The van der Waals surface area contributed by atoms with Crippen molar-refractivity contribution in [2.45, 2.75) is 56.6 Å². The van der Waals surface area contributed by atoms with Crippen molar-refractivity contribution < 1.29 is 9.47 Å². The van der Waals surface area contributed by atoms with Crippen molar-refractivity contribution in [1.29, 1.82) is 0 Å². The van der Waals surface area contributed by atoms with Crippen LogP contribution in [0.5, 0.6) is 5.88 Å². The van der Waals surface area contributed by atoms with Crippen LogP contribution in [0.15, 0.2) is 24.4 Å². The molecule has 4 rings (SSSR count). The van der Waals surface area contributed by atoms with Crippen LogP contribution >= 0.6 is 0 Å². The molecule has 1 aromatic rings. The van der Waals surface area contributed by atoms with Gasteiger partial charge in [-0.1, -0.05) is 12.5 Å². The lowest BCUT2D eigenvalue weighted by atomic mass is 9.77. The van der Waals surface area contributed by atoms with Gasteiger partial charge in [0.1, 0.15) is 0 Å². The number of likely N-dealkylation sites (tertiary alicyclic amines) is 1. The Morgan fingerprint density at radius 2 is 2.09 bits per heavy atom. The fourth-order valence-corrected chi connectivity index (χ4v) is 4.50. The Labute approximate surface area is 139 Å². The lowest BCUT2D eigenvalue weighted by Gasteiger charge is -2.47. The van der Waals surface area contributed by atoms with Crippen LogP contribution in [0.25, 0.3) is 0 Å². The summed E-state index contributed by atoms with van der Waals surface area (Å²) >= 11 is 0. The topological polar surface area (TPSA) is 34.6 Å². The summed E-state index contributed by atoms with van der Waals surface area (Å²) in [5.74, 6) is 1.38. The minimum absolute atomic E-state index is 0.133. The Bertz CT molecular complexity index is 495. The van der Waals surface area contributed by atoms with E-state index in [0.717, 1.165) is 31.6 Å². The van der Waals surface area contributed by atoms with Crippen molar-refractivity contribution in [3.8, 4) is 5.88 Å². The van der Waals surface area contributed by atoms with Crippen LogP contribution in [-0.2, 0) is 4.74 Å². The molecule has 0 N–H and O–H groups in total. The summed E-state index contributed by atoms with van der Waals surface area (Å²) < 4.78 is 12.1. The summed E-state index contributed by atoms with van der Waals surface area (Å²) in [5.41, 5.74) is 0.133. The molecule has 3 aliphatic rings. The van der Waals surface area contributed by atoms with Crippen LogP contribution in [0.2, 0.25) is 0 Å². The zero-order valence-corrected chi connectivity index (χ0v) is 14.0. The van der Waals surface area contributed by atoms with E-state index >= 15 is 0 Å². The average Bonchev–Trinajstić information content (AvgIpc) is 2.92. The molecule has 4 heteroatoms. The minimum atomic E-state index is 0.133. The van der Waals surface area contributed by atoms with Crippen molar-refractivity contribution >= 4 is 0 Å². The van der Waals surface area contributed by atoms with Gasteiger partial charge in [-0.05, 0) is 50.5 Å². The molecule has 1 saturated carbocycles. The zero-order valence-electron chi connectivity index (χ0n) is 14.0. The Balaban J connectivity index is 1.28. The standard InChI is InChI=1S/C19H28N2O2/c1-2-11-20-18(6-1)22-14-7-16-8-15-23-19(16)9-12-21(13-10-19)17-4-3-5-17/h1-2,6,11,16-17H,3-5,7-10,12-15H2. The molecule has 1 spiro atoms. The van der Waals surface area contributed by atoms with Gasteiger partial charge in [-0.25, -0.2) is 4.98 Å². The van der Waals surface area contributed by atoms with E-state index in [-0.39, 0.29) is 5.60 Å². The molecule has 126 valence electrons. The SMILES string of the molecule is c1ccc(OCCC2CCOC23CCN(C2CCC2)CC3)nc1. The molecule has 1 atom stereocenters. The number of rotatable bonds is 5. The molecule has 1 unspecified atom stereocenters. The van der Waals surface area contributed by atoms with Crippen LogP contribution in [0.1, 0.15) is 44.9 Å². The summed E-state index contributed by atoms with van der Waals surface area (Å²) in [5, 5.41) is 0. The molecule has 1 aromatic heterocycles. The maximum absolute atomic E-state index is 6.28. The number of ether oxygens (including phenoxy) is 2. The second kappa shape index (κ2) is 6.78. The molecule has 0 aromatic carbocycles. The molecule has 2 aliphatic heterocycles. The molecule has 0 bridgehead atoms. The molecule has 1 aliphatic carbocycles. The molecule has 23 heavy (non-hydrogen) atoms. The van der Waals surface area contributed by atoms with Crippen LogP contribution < -0.4 is 4.74 Å². The fourth-order valence-electron chi connectivity index (χ4n) is 4.50. The van der Waals surface area contributed by atoms with E-state index in [9.17, 15) is 0 Å². The van der Waals surface area contributed by atoms with Crippen molar-refractivity contribution in [3.63, 3.8) is 0 Å². The van der Waals surface area contributed by atoms with Gasteiger partial charge in [0, 0.05) is 38.0 Å². The third-order valence-corrected chi connectivity index (χ3v) is 6.19. The normalized spacial score (nSPS) is 27.9. The quantitative estimate of drug-likeness (QED) is 0.835. The first kappa shape index (κ1) is 15.4. The lowest BCUT2D eigenvalue weighted by Crippen LogP contribution is -2.52. The first-order valence-electron chi connectivity index (χ1n) is 9.28. The fraction of sp³-hybridized carbons (Fsp3) is 0.737. The van der Waals surface area contributed by atoms with E-state index in [1.807, 2.05) is 18.2 Å². The van der Waals surface area contributed by atoms with E-state index in [0.29, 0.717) is 5.92 Å². The monoisotopic (exact) mass is 316 g/mol. The smallest absolute Gasteiger partial charge is 0.213 e. The zero-order chi connectivity index (χ0) is 15.5. The highest BCUT2D eigenvalue weighted by Crippen LogP contribution is 2.43. The second-order valence-electron chi connectivity index (χ2n) is 7.32. The molecule has 3 fully saturated rings. The molecule has 4 nitrogen and oxygen atoms in total. The maximum atomic E-state index is 6.28. The van der Waals surface area contributed by atoms with Gasteiger partial charge in [0.15, 0.2) is 0 Å². The van der Waals surface area contributed by atoms with E-state index in [4.69, 9.17) is 9.47 Å². The number of hydrogen-bond donors (Lipinski definition) is 0. The first-order chi connectivity index (χ1) is 11.4. The van der Waals surface area contributed by atoms with Crippen molar-refractivity contribution in [1.82, 2.24) is 9.88 Å². The first-order valence-corrected chi connectivity index (χ1v) is 9.28. The van der Waals surface area contributed by atoms with Crippen molar-refractivity contribution in [2.24, 2.45) is 5.92 Å². The van der Waals surface area contributed by atoms with E-state index in [1.54, 1.807) is 6.20 Å². The van der Waals surface area contributed by atoms with Crippen molar-refractivity contribution in [2.75, 3.05) is 26.3 Å². The van der Waals surface area contributed by atoms with Gasteiger partial charge < -0.3 is 14.4 Å². The number of hydrogen-bond acceptors (Lipinski definition) is 4. The van der Waals surface area contributed by atoms with Crippen LogP contribution in [0.4, 0.5) is 0 Å². The van der Waals surface area contributed by atoms with E-state index < -0.39 is 0 Å². The molecular weight excluding hydrogens is 288 g/mol. The number of aromatic nitrogens is 1. The Kier molecular flexibility index (Phi) is 4.54. The summed E-state index contributed by atoms with van der Waals surface area (Å²) in [6.07, 6.45) is 10.7. The molecule has 2 saturated heterocycles. The highest BCUT2D eigenvalue weighted by Gasteiger charge is 2.46. The second-order valence-corrected chi connectivity index (χ2v) is 7.32. The van der Waals surface area contributed by atoms with Gasteiger partial charge in [0.25, 0.3) is 0 Å². The number of nitrogens with zero attached hydrogens (tertiary/aromatic N) is 2. The summed E-state index contributed by atoms with van der Waals surface area (Å²) in [6, 6.07) is 6.69. The van der Waals surface area contributed by atoms with Crippen LogP contribution in [0.3, 0.4) is 0 Å². The van der Waals surface area contributed by atoms with Gasteiger partial charge in [-0.15, -0.1) is 0 Å². The van der Waals surface area contributed by atoms with Crippen LogP contribution in [0, 0.1) is 5.92 Å². The van der Waals surface area contributed by atoms with Gasteiger partial charge >= 0.3 is 0 Å². The highest BCUT2D eigenvalue weighted by molar-refractivity contribution is 5.09. The lowest BCUT2D eigenvalue weighted by molar-refractivity contribution is -0.0808. The summed E-state index contributed by atoms with van der Waals surface area (Å²) in [6.45, 7) is 4.13. The van der Waals surface area contributed by atoms with E-state index in [1.165, 1.54) is 51.6 Å². The van der Waals surface area contributed by atoms with Gasteiger partial charge in [0.2, 0.25) is 5.88 Å². The predicted molar refractivity (Wildman–Crippen MR) is 89.6 cm³/mol. The minimum Gasteiger partial charge on any atom is -0.478 e. The molecule has 0 radical (unpaired) electrons. The Morgan fingerprint density at radius 1 is 1.22 bits per heavy atom. The maximum Gasteiger partial charge on any atom is 0.213 e.